The Bertz CT molecular complexity index is 2650. The molecular formula is C43H45F4N9O5. The van der Waals surface area contributed by atoms with Gasteiger partial charge in [0.15, 0.2) is 17.4 Å². The van der Waals surface area contributed by atoms with Gasteiger partial charge in [0.1, 0.15) is 23.2 Å². The first-order valence-electron chi connectivity index (χ1n) is 20.4. The van der Waals surface area contributed by atoms with Gasteiger partial charge in [-0.2, -0.15) is 10.4 Å². The Hall–Kier alpha value is -6.06. The van der Waals surface area contributed by atoms with Crippen LogP contribution in [0.15, 0.2) is 53.6 Å². The van der Waals surface area contributed by atoms with Gasteiger partial charge >= 0.3 is 6.03 Å². The lowest BCUT2D eigenvalue weighted by Crippen LogP contribution is -2.53. The van der Waals surface area contributed by atoms with Crippen LogP contribution in [0, 0.1) is 23.0 Å². The van der Waals surface area contributed by atoms with E-state index in [1.165, 1.54) is 44.7 Å². The average Bonchev–Trinajstić information content (AvgIpc) is 3.79. The SMILES string of the molecule is CC.Cn1nc(N2CCC(=O)NC2=O)c2cc(F)c(C3CCN(C4CCC5(CC4)CC(n4cnc6ccc(Oc7c(F)ccc(N)c7C#N)cc6c4=O)CO5)CC3(F)F)cc21. The summed E-state index contributed by atoms with van der Waals surface area (Å²) in [5, 5.41) is 16.6. The van der Waals surface area contributed by atoms with Crippen LogP contribution in [0.1, 0.15) is 81.9 Å². The second kappa shape index (κ2) is 16.1. The van der Waals surface area contributed by atoms with Gasteiger partial charge in [-0.3, -0.25) is 34.0 Å². The maximum atomic E-state index is 16.1. The summed E-state index contributed by atoms with van der Waals surface area (Å²) >= 11 is 0. The molecule has 2 atom stereocenters. The maximum Gasteiger partial charge on any atom is 0.329 e. The van der Waals surface area contributed by atoms with Crippen LogP contribution in [0.2, 0.25) is 0 Å². The van der Waals surface area contributed by atoms with E-state index >= 15 is 13.2 Å². The molecule has 1 spiro atoms. The number of nitrogen functional groups attached to an aromatic ring is 1. The number of ether oxygens (including phenoxy) is 2. The van der Waals surface area contributed by atoms with Crippen LogP contribution in [-0.4, -0.2) is 80.0 Å². The number of nitriles is 1. The standard InChI is InChI=1S/C41H39F4N9O5.C2H6/c1-51-34-16-25(31(43)15-27(34)37(50-51)53-13-9-35(55)49-39(53)57)29-8-12-52(20-41(29,44)45)22-6-10-40(11-7-22)17-23(19-58-40)54-21-48-33-5-2-24(14-26(33)38(54)56)59-36-28(18-46)32(47)4-3-30(36)42;1-2/h2-5,14-16,21-23,29H,6-13,17,19-20,47H2,1H3,(H,49,55,57);1-2H3. The Morgan fingerprint density at radius 3 is 2.48 bits per heavy atom. The summed E-state index contributed by atoms with van der Waals surface area (Å²) in [5.41, 5.74) is 5.55. The van der Waals surface area contributed by atoms with Crippen LogP contribution in [0.25, 0.3) is 21.8 Å². The number of likely N-dealkylation sites (tertiary alicyclic amines) is 1. The number of alkyl halides is 2. The third-order valence-corrected chi connectivity index (χ3v) is 12.5. The van der Waals surface area contributed by atoms with E-state index in [-0.39, 0.29) is 88.5 Å². The molecular weight excluding hydrogens is 799 g/mol. The summed E-state index contributed by atoms with van der Waals surface area (Å²) in [7, 11) is 1.59. The van der Waals surface area contributed by atoms with E-state index in [1.807, 2.05) is 19.9 Å². The number of nitrogens with zero attached hydrogens (tertiary/aromatic N) is 7. The van der Waals surface area contributed by atoms with Gasteiger partial charge in [-0.1, -0.05) is 13.8 Å². The molecule has 5 heterocycles. The molecule has 3 amide bonds. The molecule has 0 bridgehead atoms. The normalized spacial score (nSPS) is 24.1. The molecule has 0 radical (unpaired) electrons. The third kappa shape index (κ3) is 7.54. The van der Waals surface area contributed by atoms with Gasteiger partial charge in [0, 0.05) is 31.4 Å². The van der Waals surface area contributed by atoms with E-state index in [9.17, 15) is 24.0 Å². The van der Waals surface area contributed by atoms with Crippen molar-refractivity contribution >= 4 is 45.2 Å². The van der Waals surface area contributed by atoms with Crippen molar-refractivity contribution in [2.24, 2.45) is 7.05 Å². The van der Waals surface area contributed by atoms with Crippen molar-refractivity contribution < 1.29 is 36.6 Å². The van der Waals surface area contributed by atoms with Crippen LogP contribution in [-0.2, 0) is 16.6 Å². The minimum Gasteiger partial charge on any atom is -0.453 e. The van der Waals surface area contributed by atoms with Crippen LogP contribution in [0.3, 0.4) is 0 Å². The molecule has 61 heavy (non-hydrogen) atoms. The van der Waals surface area contributed by atoms with Crippen molar-refractivity contribution in [3.63, 3.8) is 0 Å². The van der Waals surface area contributed by atoms with Gasteiger partial charge in [0.25, 0.3) is 11.5 Å². The number of benzene rings is 3. The Morgan fingerprint density at radius 2 is 1.75 bits per heavy atom. The molecule has 18 heteroatoms. The number of nitrogens with two attached hydrogens (primary N) is 1. The van der Waals surface area contributed by atoms with Crippen molar-refractivity contribution in [3.8, 4) is 17.6 Å². The molecule has 3 aliphatic heterocycles. The summed E-state index contributed by atoms with van der Waals surface area (Å²) in [5.74, 6) is -6.67. The van der Waals surface area contributed by atoms with E-state index in [2.05, 4.69) is 15.4 Å². The summed E-state index contributed by atoms with van der Waals surface area (Å²) in [6.45, 7) is 4.15. The minimum atomic E-state index is -3.23. The van der Waals surface area contributed by atoms with Crippen LogP contribution in [0.5, 0.6) is 11.5 Å². The van der Waals surface area contributed by atoms with Crippen molar-refractivity contribution in [1.82, 2.24) is 29.5 Å². The van der Waals surface area contributed by atoms with Crippen molar-refractivity contribution in [2.75, 3.05) is 36.9 Å². The molecule has 2 aromatic heterocycles. The number of hydrogen-bond donors (Lipinski definition) is 2. The fraction of sp³-hybridized carbons (Fsp3) is 0.442. The molecule has 3 N–H and O–H groups in total. The number of rotatable bonds is 6. The predicted octanol–water partition coefficient (Wildman–Crippen LogP) is 7.05. The number of carbonyl (C=O) groups is 2. The van der Waals surface area contributed by atoms with E-state index in [0.717, 1.165) is 12.1 Å². The molecule has 9 rings (SSSR count). The average molecular weight is 844 g/mol. The highest BCUT2D eigenvalue weighted by Gasteiger charge is 2.50. The fourth-order valence-corrected chi connectivity index (χ4v) is 9.35. The lowest BCUT2D eigenvalue weighted by molar-refractivity contribution is -0.120. The van der Waals surface area contributed by atoms with Crippen molar-refractivity contribution in [3.05, 3.63) is 81.9 Å². The number of urea groups is 1. The van der Waals surface area contributed by atoms with Gasteiger partial charge < -0.3 is 15.2 Å². The third-order valence-electron chi connectivity index (χ3n) is 12.5. The molecule has 14 nitrogen and oxygen atoms in total. The first kappa shape index (κ1) is 41.7. The summed E-state index contributed by atoms with van der Waals surface area (Å²) < 4.78 is 77.6. The number of carbonyl (C=O) groups excluding carboxylic acids is 2. The van der Waals surface area contributed by atoms with Crippen LogP contribution < -0.4 is 26.2 Å². The summed E-state index contributed by atoms with van der Waals surface area (Å²) in [6, 6.07) is 10.2. The maximum absolute atomic E-state index is 16.1. The first-order valence-corrected chi connectivity index (χ1v) is 20.4. The highest BCUT2D eigenvalue weighted by Crippen LogP contribution is 2.48. The lowest BCUT2D eigenvalue weighted by atomic mass is 9.78. The highest BCUT2D eigenvalue weighted by molar-refractivity contribution is 6.08. The molecule has 3 aromatic carbocycles. The van der Waals surface area contributed by atoms with Gasteiger partial charge in [-0.25, -0.2) is 27.3 Å². The van der Waals surface area contributed by atoms with E-state index in [1.54, 1.807) is 18.0 Å². The number of fused-ring (bicyclic) bond motifs is 2. The number of anilines is 2. The molecule has 320 valence electrons. The highest BCUT2D eigenvalue weighted by atomic mass is 19.3. The van der Waals surface area contributed by atoms with Crippen LogP contribution in [0.4, 0.5) is 33.9 Å². The van der Waals surface area contributed by atoms with E-state index in [0.29, 0.717) is 49.7 Å². The molecule has 2 unspecified atom stereocenters. The Balaban J connectivity index is 0.00000253. The number of hydrogen-bond acceptors (Lipinski definition) is 10. The smallest absolute Gasteiger partial charge is 0.329 e. The molecule has 1 aliphatic carbocycles. The molecule has 1 saturated carbocycles. The van der Waals surface area contributed by atoms with Gasteiger partial charge in [-0.05, 0) is 93.1 Å². The topological polar surface area (TPSA) is 174 Å². The number of imide groups is 1. The number of piperidine rings is 1. The summed E-state index contributed by atoms with van der Waals surface area (Å²) in [4.78, 5) is 45.5. The van der Waals surface area contributed by atoms with Gasteiger partial charge in [0.2, 0.25) is 5.91 Å². The Kier molecular flexibility index (Phi) is 11.0. The monoisotopic (exact) mass is 843 g/mol. The zero-order chi connectivity index (χ0) is 43.4. The number of nitrogens with one attached hydrogen (secondary N) is 1. The second-order valence-corrected chi connectivity index (χ2v) is 15.9. The van der Waals surface area contributed by atoms with E-state index in [4.69, 9.17) is 15.2 Å². The van der Waals surface area contributed by atoms with Gasteiger partial charge in [0.05, 0.1) is 59.1 Å². The zero-order valence-electron chi connectivity index (χ0n) is 33.9. The van der Waals surface area contributed by atoms with E-state index < -0.39 is 47.6 Å². The summed E-state index contributed by atoms with van der Waals surface area (Å²) in [6.07, 6.45) is 4.53. The van der Waals surface area contributed by atoms with Gasteiger partial charge in [-0.15, -0.1) is 0 Å². The number of aryl methyl sites for hydroxylation is 1. The fourth-order valence-electron chi connectivity index (χ4n) is 9.35. The largest absolute Gasteiger partial charge is 0.453 e. The molecule has 4 fully saturated rings. The first-order chi connectivity index (χ1) is 29.2. The van der Waals surface area contributed by atoms with Crippen LogP contribution >= 0.6 is 0 Å². The number of aromatic nitrogens is 4. The zero-order valence-corrected chi connectivity index (χ0v) is 33.9. The molecule has 4 aliphatic rings. The second-order valence-electron chi connectivity index (χ2n) is 15.9. The minimum absolute atomic E-state index is 0.0372. The molecule has 3 saturated heterocycles. The predicted molar refractivity (Wildman–Crippen MR) is 218 cm³/mol. The Labute approximate surface area is 347 Å². The molecule has 5 aromatic rings. The lowest BCUT2D eigenvalue weighted by Gasteiger charge is -2.46. The quantitative estimate of drug-likeness (QED) is 0.133. The number of amides is 3. The van der Waals surface area contributed by atoms with Crippen molar-refractivity contribution in [2.45, 2.75) is 88.3 Å². The number of halogens is 4. The van der Waals surface area contributed by atoms with Crippen molar-refractivity contribution in [1.29, 1.82) is 5.26 Å². The Morgan fingerprint density at radius 1 is 0.984 bits per heavy atom.